The van der Waals surface area contributed by atoms with Crippen molar-refractivity contribution in [2.45, 2.75) is 206 Å². The van der Waals surface area contributed by atoms with E-state index in [9.17, 15) is 24.2 Å². The van der Waals surface area contributed by atoms with Crippen molar-refractivity contribution in [3.05, 3.63) is 72.9 Å². The van der Waals surface area contributed by atoms with Crippen LogP contribution in [0, 0.1) is 0 Å². The van der Waals surface area contributed by atoms with Crippen molar-refractivity contribution in [1.82, 2.24) is 0 Å². The summed E-state index contributed by atoms with van der Waals surface area (Å²) in [4.78, 5) is 35.1. The van der Waals surface area contributed by atoms with Crippen molar-refractivity contribution >= 4 is 19.8 Å². The number of hydrogen-bond donors (Lipinski definition) is 3. The van der Waals surface area contributed by atoms with Crippen LogP contribution < -0.4 is 0 Å². The van der Waals surface area contributed by atoms with Gasteiger partial charge in [0.1, 0.15) is 12.7 Å². The van der Waals surface area contributed by atoms with Crippen LogP contribution in [0.25, 0.3) is 0 Å². The number of carbonyl (C=O) groups is 2. The minimum absolute atomic E-state index is 0.115. The quantitative estimate of drug-likeness (QED) is 0.0234. The second kappa shape index (κ2) is 45.4. The van der Waals surface area contributed by atoms with E-state index in [0.29, 0.717) is 12.8 Å². The average Bonchev–Trinajstić information content (AvgIpc) is 3.25. The highest BCUT2D eigenvalue weighted by Gasteiger charge is 2.27. The lowest BCUT2D eigenvalue weighted by atomic mass is 10.0. The molecule has 0 heterocycles. The Bertz CT molecular complexity index is 1240. The first-order valence-corrected chi connectivity index (χ1v) is 25.4. The lowest BCUT2D eigenvalue weighted by Gasteiger charge is -2.20. The summed E-state index contributed by atoms with van der Waals surface area (Å²) < 4.78 is 32.7. The molecule has 0 saturated heterocycles. The van der Waals surface area contributed by atoms with Gasteiger partial charge >= 0.3 is 19.8 Å². The standard InChI is InChI=1S/C50H87O10P/c1-3-5-7-9-11-13-15-17-19-21-23-25-27-29-31-33-35-37-39-41-49(53)57-45-48(46-59-61(55,56)58-44-47(52)43-51)60-50(54)42-40-38-36-34-32-30-28-26-24-22-20-18-16-14-12-10-8-6-4-2/h5,7,11,13,17,19,23,25,29,31,35,37,47-48,51-52H,3-4,6,8-10,12,14-16,18,20-22,24,26-28,30,32-34,36,38-46H2,1-2H3,(H,55,56)/b7-5-,13-11-,19-17-,25-23-,31-29-,37-35-/t47-,48+/m0/s1. The molecule has 3 atom stereocenters. The number of hydrogen-bond acceptors (Lipinski definition) is 9. The van der Waals surface area contributed by atoms with Crippen LogP contribution >= 0.6 is 7.82 Å². The number of carbonyl (C=O) groups excluding carboxylic acids is 2. The molecule has 352 valence electrons. The smallest absolute Gasteiger partial charge is 0.462 e. The monoisotopic (exact) mass is 879 g/mol. The van der Waals surface area contributed by atoms with Crippen molar-refractivity contribution in [3.8, 4) is 0 Å². The summed E-state index contributed by atoms with van der Waals surface area (Å²) >= 11 is 0. The number of ether oxygens (including phenoxy) is 2. The number of allylic oxidation sites excluding steroid dienone is 12. The van der Waals surface area contributed by atoms with E-state index in [-0.39, 0.29) is 19.4 Å². The summed E-state index contributed by atoms with van der Waals surface area (Å²) in [7, 11) is -4.64. The maximum atomic E-state index is 12.7. The topological polar surface area (TPSA) is 149 Å². The summed E-state index contributed by atoms with van der Waals surface area (Å²) in [5.41, 5.74) is 0. The predicted molar refractivity (Wildman–Crippen MR) is 251 cm³/mol. The van der Waals surface area contributed by atoms with Crippen LogP contribution in [0.15, 0.2) is 72.9 Å². The second-order valence-electron chi connectivity index (χ2n) is 15.8. The minimum atomic E-state index is -4.64. The Kier molecular flexibility index (Phi) is 43.5. The van der Waals surface area contributed by atoms with Crippen molar-refractivity contribution < 1.29 is 47.8 Å². The van der Waals surface area contributed by atoms with Gasteiger partial charge in [0.25, 0.3) is 0 Å². The van der Waals surface area contributed by atoms with Crippen LogP contribution in [-0.4, -0.2) is 65.7 Å². The van der Waals surface area contributed by atoms with Gasteiger partial charge in [0.2, 0.25) is 0 Å². The van der Waals surface area contributed by atoms with E-state index in [1.165, 1.54) is 96.3 Å². The number of phosphoric ester groups is 1. The van der Waals surface area contributed by atoms with E-state index in [0.717, 1.165) is 57.8 Å². The van der Waals surface area contributed by atoms with Crippen LogP contribution in [0.5, 0.6) is 0 Å². The number of aliphatic hydroxyl groups excluding tert-OH is 2. The van der Waals surface area contributed by atoms with Crippen LogP contribution in [0.3, 0.4) is 0 Å². The zero-order chi connectivity index (χ0) is 44.8. The molecule has 0 bridgehead atoms. The Morgan fingerprint density at radius 1 is 0.508 bits per heavy atom. The van der Waals surface area contributed by atoms with Crippen LogP contribution in [0.1, 0.15) is 194 Å². The van der Waals surface area contributed by atoms with Crippen LogP contribution in [0.2, 0.25) is 0 Å². The molecule has 11 heteroatoms. The third kappa shape index (κ3) is 45.3. The Labute approximate surface area is 371 Å². The van der Waals surface area contributed by atoms with Gasteiger partial charge in [0.05, 0.1) is 19.8 Å². The summed E-state index contributed by atoms with van der Waals surface area (Å²) in [5, 5.41) is 18.4. The molecular weight excluding hydrogens is 792 g/mol. The molecule has 0 amide bonds. The van der Waals surface area contributed by atoms with Gasteiger partial charge < -0.3 is 24.6 Å². The van der Waals surface area contributed by atoms with E-state index >= 15 is 0 Å². The highest BCUT2D eigenvalue weighted by atomic mass is 31.2. The minimum Gasteiger partial charge on any atom is -0.462 e. The first-order valence-electron chi connectivity index (χ1n) is 23.9. The first-order chi connectivity index (χ1) is 29.7. The molecule has 0 radical (unpaired) electrons. The highest BCUT2D eigenvalue weighted by molar-refractivity contribution is 7.47. The Morgan fingerprint density at radius 3 is 1.33 bits per heavy atom. The second-order valence-corrected chi connectivity index (χ2v) is 17.2. The van der Waals surface area contributed by atoms with Gasteiger partial charge in [-0.3, -0.25) is 18.6 Å². The molecule has 1 unspecified atom stereocenters. The number of phosphoric acid groups is 1. The van der Waals surface area contributed by atoms with Crippen molar-refractivity contribution in [2.75, 3.05) is 26.4 Å². The van der Waals surface area contributed by atoms with Crippen molar-refractivity contribution in [2.24, 2.45) is 0 Å². The summed E-state index contributed by atoms with van der Waals surface area (Å²) in [6.07, 6.45) is 53.1. The number of unbranched alkanes of at least 4 members (excludes halogenated alkanes) is 18. The zero-order valence-electron chi connectivity index (χ0n) is 38.4. The largest absolute Gasteiger partial charge is 0.472 e. The Balaban J connectivity index is 4.34. The molecule has 0 aliphatic carbocycles. The molecule has 0 aromatic heterocycles. The molecule has 0 aliphatic heterocycles. The molecule has 0 rings (SSSR count). The summed E-state index contributed by atoms with van der Waals surface area (Å²) in [6.45, 7) is 2.20. The molecule has 0 spiro atoms. The van der Waals surface area contributed by atoms with Gasteiger partial charge in [0.15, 0.2) is 6.10 Å². The third-order valence-electron chi connectivity index (χ3n) is 9.89. The Morgan fingerprint density at radius 2 is 0.902 bits per heavy atom. The van der Waals surface area contributed by atoms with Crippen LogP contribution in [0.4, 0.5) is 0 Å². The van der Waals surface area contributed by atoms with Crippen molar-refractivity contribution in [3.63, 3.8) is 0 Å². The SMILES string of the molecule is CC/C=C\C/C=C\C/C=C\C/C=C\C/C=C\C/C=C\CCC(=O)OC[C@H](COP(=O)(O)OC[C@@H](O)CO)OC(=O)CCCCCCCCCCCCCCCCCCCCC. The molecule has 0 aromatic carbocycles. The fourth-order valence-corrected chi connectivity index (χ4v) is 7.04. The molecule has 61 heavy (non-hydrogen) atoms. The maximum absolute atomic E-state index is 12.7. The predicted octanol–water partition coefficient (Wildman–Crippen LogP) is 13.2. The van der Waals surface area contributed by atoms with Gasteiger partial charge in [-0.1, -0.05) is 202 Å². The molecular formula is C50H87O10P. The normalized spacial score (nSPS) is 14.4. The van der Waals surface area contributed by atoms with E-state index < -0.39 is 51.8 Å². The van der Waals surface area contributed by atoms with Crippen LogP contribution in [-0.2, 0) is 32.7 Å². The van der Waals surface area contributed by atoms with E-state index in [1.807, 2.05) is 12.2 Å². The van der Waals surface area contributed by atoms with E-state index in [1.54, 1.807) is 0 Å². The maximum Gasteiger partial charge on any atom is 0.472 e. The molecule has 0 aliphatic rings. The number of rotatable bonds is 44. The van der Waals surface area contributed by atoms with Gasteiger partial charge in [-0.15, -0.1) is 0 Å². The van der Waals surface area contributed by atoms with Gasteiger partial charge in [-0.05, 0) is 51.4 Å². The first kappa shape index (κ1) is 58.4. The Hall–Kier alpha value is -2.59. The van der Waals surface area contributed by atoms with E-state index in [2.05, 4.69) is 74.6 Å². The van der Waals surface area contributed by atoms with Crippen molar-refractivity contribution in [1.29, 1.82) is 0 Å². The fourth-order valence-electron chi connectivity index (χ4n) is 6.26. The van der Waals surface area contributed by atoms with Gasteiger partial charge in [0, 0.05) is 12.8 Å². The third-order valence-corrected chi connectivity index (χ3v) is 10.8. The fraction of sp³-hybridized carbons (Fsp3) is 0.720. The zero-order valence-corrected chi connectivity index (χ0v) is 39.3. The molecule has 10 nitrogen and oxygen atoms in total. The molecule has 0 fully saturated rings. The average molecular weight is 879 g/mol. The van der Waals surface area contributed by atoms with Gasteiger partial charge in [-0.25, -0.2) is 4.57 Å². The summed E-state index contributed by atoms with van der Waals surface area (Å²) in [5.74, 6) is -1.02. The highest BCUT2D eigenvalue weighted by Crippen LogP contribution is 2.43. The van der Waals surface area contributed by atoms with E-state index in [4.69, 9.17) is 23.6 Å². The lowest BCUT2D eigenvalue weighted by molar-refractivity contribution is -0.161. The lowest BCUT2D eigenvalue weighted by Crippen LogP contribution is -2.29. The van der Waals surface area contributed by atoms with Gasteiger partial charge in [-0.2, -0.15) is 0 Å². The molecule has 0 aromatic rings. The number of aliphatic hydroxyl groups is 2. The number of esters is 2. The summed E-state index contributed by atoms with van der Waals surface area (Å²) in [6, 6.07) is 0. The molecule has 3 N–H and O–H groups in total. The molecule has 0 saturated carbocycles.